The highest BCUT2D eigenvalue weighted by Gasteiger charge is 2.39. The van der Waals surface area contributed by atoms with Crippen LogP contribution >= 0.6 is 0 Å². The minimum atomic E-state index is -2.95. The van der Waals surface area contributed by atoms with Crippen LogP contribution in [0, 0.1) is 6.92 Å². The van der Waals surface area contributed by atoms with E-state index >= 15 is 0 Å². The van der Waals surface area contributed by atoms with Gasteiger partial charge in [0.05, 0.1) is 6.54 Å². The Hall–Kier alpha value is -1.45. The fraction of sp³-hybridized carbons (Fsp3) is 0.300. The first-order valence-corrected chi connectivity index (χ1v) is 4.28. The highest BCUT2D eigenvalue weighted by Crippen LogP contribution is 2.33. The Labute approximate surface area is 79.9 Å². The van der Waals surface area contributed by atoms with Gasteiger partial charge in [0.15, 0.2) is 0 Å². The lowest BCUT2D eigenvalue weighted by Gasteiger charge is -2.25. The summed E-state index contributed by atoms with van der Waals surface area (Å²) in [4.78, 5) is 11.3. The number of hydrogen-bond acceptors (Lipinski definition) is 1. The summed E-state index contributed by atoms with van der Waals surface area (Å²) in [6.07, 6.45) is 0. The van der Waals surface area contributed by atoms with E-state index < -0.39 is 18.4 Å². The van der Waals surface area contributed by atoms with Crippen molar-refractivity contribution < 1.29 is 13.6 Å². The summed E-state index contributed by atoms with van der Waals surface area (Å²) in [5, 5.41) is 2.17. The standard InChI is InChI=1S/C10H9F2NO/c1-6-2-3-8-7(4-6)9(14)13-5-10(8,11)12/h2-4H,5H2,1H3,(H,13,14). The molecule has 0 bridgehead atoms. The van der Waals surface area contributed by atoms with Crippen molar-refractivity contribution in [2.75, 3.05) is 6.54 Å². The SMILES string of the molecule is Cc1ccc2c(c1)C(=O)NCC2(F)F. The number of fused-ring (bicyclic) bond motifs is 1. The fourth-order valence-electron chi connectivity index (χ4n) is 1.55. The maximum atomic E-state index is 13.3. The molecule has 0 unspecified atom stereocenters. The molecule has 4 heteroatoms. The van der Waals surface area contributed by atoms with E-state index in [-0.39, 0.29) is 11.1 Å². The molecule has 0 aromatic heterocycles. The van der Waals surface area contributed by atoms with Crippen LogP contribution in [-0.4, -0.2) is 12.5 Å². The molecule has 74 valence electrons. The smallest absolute Gasteiger partial charge is 0.290 e. The van der Waals surface area contributed by atoms with Gasteiger partial charge in [-0.3, -0.25) is 4.79 Å². The molecule has 0 aliphatic carbocycles. The van der Waals surface area contributed by atoms with Crippen molar-refractivity contribution in [3.63, 3.8) is 0 Å². The summed E-state index contributed by atoms with van der Waals surface area (Å²) in [5.74, 6) is -3.37. The third kappa shape index (κ3) is 1.27. The Bertz CT molecular complexity index is 401. The van der Waals surface area contributed by atoms with Crippen LogP contribution in [0.4, 0.5) is 8.78 Å². The number of aryl methyl sites for hydroxylation is 1. The van der Waals surface area contributed by atoms with Crippen LogP contribution in [0.1, 0.15) is 21.5 Å². The zero-order valence-corrected chi connectivity index (χ0v) is 7.60. The third-order valence-electron chi connectivity index (χ3n) is 2.28. The first-order valence-electron chi connectivity index (χ1n) is 4.28. The molecule has 2 rings (SSSR count). The molecule has 1 aliphatic rings. The number of nitrogens with one attached hydrogen (secondary N) is 1. The zero-order chi connectivity index (χ0) is 10.3. The quantitative estimate of drug-likeness (QED) is 0.675. The lowest BCUT2D eigenvalue weighted by atomic mass is 9.95. The zero-order valence-electron chi connectivity index (χ0n) is 7.60. The summed E-state index contributed by atoms with van der Waals surface area (Å²) in [5.41, 5.74) is 0.713. The van der Waals surface area contributed by atoms with E-state index in [0.717, 1.165) is 5.56 Å². The van der Waals surface area contributed by atoms with E-state index in [1.54, 1.807) is 13.0 Å². The molecular formula is C10H9F2NO. The Balaban J connectivity index is 2.63. The molecule has 2 nitrogen and oxygen atoms in total. The van der Waals surface area contributed by atoms with Crippen LogP contribution in [0.2, 0.25) is 0 Å². The molecule has 0 atom stereocenters. The second kappa shape index (κ2) is 2.77. The molecule has 1 heterocycles. The minimum Gasteiger partial charge on any atom is -0.346 e. The number of rotatable bonds is 0. The van der Waals surface area contributed by atoms with Gasteiger partial charge in [-0.1, -0.05) is 17.7 Å². The number of carbonyl (C=O) groups is 1. The monoisotopic (exact) mass is 197 g/mol. The molecule has 1 aliphatic heterocycles. The van der Waals surface area contributed by atoms with Gasteiger partial charge in [0, 0.05) is 11.1 Å². The Morgan fingerprint density at radius 1 is 1.43 bits per heavy atom. The molecular weight excluding hydrogens is 188 g/mol. The van der Waals surface area contributed by atoms with Gasteiger partial charge < -0.3 is 5.32 Å². The number of alkyl halides is 2. The summed E-state index contributed by atoms with van der Waals surface area (Å²) >= 11 is 0. The second-order valence-corrected chi connectivity index (χ2v) is 3.44. The molecule has 1 aromatic carbocycles. The molecule has 14 heavy (non-hydrogen) atoms. The van der Waals surface area contributed by atoms with Gasteiger partial charge in [-0.05, 0) is 13.0 Å². The third-order valence-corrected chi connectivity index (χ3v) is 2.28. The van der Waals surface area contributed by atoms with E-state index in [9.17, 15) is 13.6 Å². The van der Waals surface area contributed by atoms with E-state index in [4.69, 9.17) is 0 Å². The van der Waals surface area contributed by atoms with E-state index in [1.165, 1.54) is 12.1 Å². The number of benzene rings is 1. The molecule has 0 spiro atoms. The van der Waals surface area contributed by atoms with Crippen molar-refractivity contribution >= 4 is 5.91 Å². The van der Waals surface area contributed by atoms with Gasteiger partial charge in [0.1, 0.15) is 0 Å². The van der Waals surface area contributed by atoms with Crippen LogP contribution in [0.25, 0.3) is 0 Å². The van der Waals surface area contributed by atoms with E-state index in [2.05, 4.69) is 5.32 Å². The molecule has 1 amide bonds. The van der Waals surface area contributed by atoms with E-state index in [1.807, 2.05) is 0 Å². The maximum Gasteiger partial charge on any atom is 0.290 e. The summed E-state index contributed by atoms with van der Waals surface area (Å²) < 4.78 is 26.6. The lowest BCUT2D eigenvalue weighted by Crippen LogP contribution is -2.41. The summed E-state index contributed by atoms with van der Waals surface area (Å²) in [6, 6.07) is 4.40. The minimum absolute atomic E-state index is 0.0845. The Morgan fingerprint density at radius 3 is 2.86 bits per heavy atom. The van der Waals surface area contributed by atoms with Crippen LogP contribution in [0.3, 0.4) is 0 Å². The molecule has 0 saturated carbocycles. The van der Waals surface area contributed by atoms with Gasteiger partial charge >= 0.3 is 0 Å². The van der Waals surface area contributed by atoms with Gasteiger partial charge in [-0.15, -0.1) is 0 Å². The average Bonchev–Trinajstić information content (AvgIpc) is 2.12. The highest BCUT2D eigenvalue weighted by atomic mass is 19.3. The molecule has 0 saturated heterocycles. The van der Waals surface area contributed by atoms with Crippen LogP contribution < -0.4 is 5.32 Å². The Morgan fingerprint density at radius 2 is 2.14 bits per heavy atom. The van der Waals surface area contributed by atoms with Crippen molar-refractivity contribution in [3.05, 3.63) is 34.9 Å². The van der Waals surface area contributed by atoms with Crippen molar-refractivity contribution in [1.82, 2.24) is 5.32 Å². The van der Waals surface area contributed by atoms with Crippen LogP contribution in [0.5, 0.6) is 0 Å². The fourth-order valence-corrected chi connectivity index (χ4v) is 1.55. The predicted octanol–water partition coefficient (Wildman–Crippen LogP) is 1.83. The number of amides is 1. The first-order chi connectivity index (χ1) is 6.50. The molecule has 1 N–H and O–H groups in total. The largest absolute Gasteiger partial charge is 0.346 e. The summed E-state index contributed by atoms with van der Waals surface area (Å²) in [6.45, 7) is 1.15. The van der Waals surface area contributed by atoms with Crippen molar-refractivity contribution in [2.45, 2.75) is 12.8 Å². The van der Waals surface area contributed by atoms with Crippen molar-refractivity contribution in [2.24, 2.45) is 0 Å². The first kappa shape index (κ1) is 9.12. The van der Waals surface area contributed by atoms with Crippen LogP contribution in [-0.2, 0) is 5.92 Å². The molecule has 0 fully saturated rings. The lowest BCUT2D eigenvalue weighted by molar-refractivity contribution is -0.00839. The van der Waals surface area contributed by atoms with Crippen molar-refractivity contribution in [1.29, 1.82) is 0 Å². The van der Waals surface area contributed by atoms with Crippen molar-refractivity contribution in [3.8, 4) is 0 Å². The highest BCUT2D eigenvalue weighted by molar-refractivity contribution is 5.97. The number of carbonyl (C=O) groups excluding carboxylic acids is 1. The second-order valence-electron chi connectivity index (χ2n) is 3.44. The molecule has 0 radical (unpaired) electrons. The van der Waals surface area contributed by atoms with Crippen LogP contribution in [0.15, 0.2) is 18.2 Å². The number of hydrogen-bond donors (Lipinski definition) is 1. The van der Waals surface area contributed by atoms with Gasteiger partial charge in [-0.25, -0.2) is 0 Å². The summed E-state index contributed by atoms with van der Waals surface area (Å²) in [7, 11) is 0. The predicted molar refractivity (Wildman–Crippen MR) is 47.4 cm³/mol. The Kier molecular flexibility index (Phi) is 1.80. The molecule has 1 aromatic rings. The van der Waals surface area contributed by atoms with Gasteiger partial charge in [0.2, 0.25) is 0 Å². The average molecular weight is 197 g/mol. The van der Waals surface area contributed by atoms with Gasteiger partial charge in [0.25, 0.3) is 11.8 Å². The maximum absolute atomic E-state index is 13.3. The van der Waals surface area contributed by atoms with E-state index in [0.29, 0.717) is 0 Å². The number of halogens is 2. The van der Waals surface area contributed by atoms with Gasteiger partial charge in [-0.2, -0.15) is 8.78 Å². The normalized spacial score (nSPS) is 18.6. The topological polar surface area (TPSA) is 29.1 Å².